The Bertz CT molecular complexity index is 559. The van der Waals surface area contributed by atoms with Crippen LogP contribution in [0.3, 0.4) is 0 Å². The van der Waals surface area contributed by atoms with Gasteiger partial charge in [-0.1, -0.05) is 86.8 Å². The maximum Gasteiger partial charge on any atom is 0.0682 e. The molecule has 0 aliphatic rings. The van der Waals surface area contributed by atoms with Crippen molar-refractivity contribution in [3.05, 3.63) is 71.8 Å². The predicted molar refractivity (Wildman–Crippen MR) is 129 cm³/mol. The van der Waals surface area contributed by atoms with E-state index in [1.165, 1.54) is 79.6 Å². The van der Waals surface area contributed by atoms with Crippen molar-refractivity contribution in [1.82, 2.24) is 0 Å². The number of rotatable bonds is 14. The fourth-order valence-corrected chi connectivity index (χ4v) is 8.60. The second kappa shape index (κ2) is 15.7. The SMILES string of the molecule is CCCCCCSCC[P+](C)(CCc1ccccc1)CCc1ccccc1.[I-]. The van der Waals surface area contributed by atoms with E-state index >= 15 is 0 Å². The number of unbranched alkanes of at least 4 members (excludes halogenated alkanes) is 3. The van der Waals surface area contributed by atoms with Crippen molar-refractivity contribution >= 4 is 19.0 Å². The summed E-state index contributed by atoms with van der Waals surface area (Å²) in [5.74, 6) is 2.72. The minimum Gasteiger partial charge on any atom is -1.00 e. The molecule has 0 radical (unpaired) electrons. The Balaban J connectivity index is 0.00000392. The van der Waals surface area contributed by atoms with Crippen LogP contribution in [-0.2, 0) is 12.8 Å². The fraction of sp³-hybridized carbons (Fsp3) is 0.520. The van der Waals surface area contributed by atoms with Crippen LogP contribution in [0.4, 0.5) is 0 Å². The average Bonchev–Trinajstić information content (AvgIpc) is 2.72. The Labute approximate surface area is 196 Å². The molecule has 2 aromatic carbocycles. The second-order valence-electron chi connectivity index (χ2n) is 7.93. The molecule has 3 heteroatoms. The lowest BCUT2D eigenvalue weighted by Crippen LogP contribution is -3.00. The lowest BCUT2D eigenvalue weighted by molar-refractivity contribution is -0.00000570. The van der Waals surface area contributed by atoms with Gasteiger partial charge in [0, 0.05) is 32.5 Å². The van der Waals surface area contributed by atoms with E-state index in [2.05, 4.69) is 86.0 Å². The Kier molecular flexibility index (Phi) is 14.6. The molecule has 0 fully saturated rings. The average molecular weight is 529 g/mol. The molecule has 0 aromatic heterocycles. The summed E-state index contributed by atoms with van der Waals surface area (Å²) in [6, 6.07) is 22.2. The Hall–Kier alpha value is -0.0500. The Morgan fingerprint density at radius 2 is 1.21 bits per heavy atom. The van der Waals surface area contributed by atoms with Crippen molar-refractivity contribution in [1.29, 1.82) is 0 Å². The zero-order chi connectivity index (χ0) is 19.2. The van der Waals surface area contributed by atoms with Crippen molar-refractivity contribution in [2.24, 2.45) is 0 Å². The molecular formula is C25H38IPS. The van der Waals surface area contributed by atoms with Gasteiger partial charge >= 0.3 is 0 Å². The summed E-state index contributed by atoms with van der Waals surface area (Å²) < 4.78 is 0. The zero-order valence-electron chi connectivity index (χ0n) is 17.8. The van der Waals surface area contributed by atoms with E-state index in [9.17, 15) is 0 Å². The molecule has 0 atom stereocenters. The van der Waals surface area contributed by atoms with Crippen LogP contribution >= 0.6 is 19.0 Å². The third-order valence-electron chi connectivity index (χ3n) is 5.48. The molecule has 0 unspecified atom stereocenters. The van der Waals surface area contributed by atoms with Crippen molar-refractivity contribution in [2.75, 3.05) is 36.7 Å². The number of hydrogen-bond acceptors (Lipinski definition) is 1. The Morgan fingerprint density at radius 1 is 0.679 bits per heavy atom. The fourth-order valence-electron chi connectivity index (χ4n) is 3.44. The van der Waals surface area contributed by atoms with E-state index in [1.54, 1.807) is 0 Å². The van der Waals surface area contributed by atoms with Gasteiger partial charge in [-0.05, 0) is 23.3 Å². The first-order valence-corrected chi connectivity index (χ1v) is 14.7. The first kappa shape index (κ1) is 26.0. The van der Waals surface area contributed by atoms with Crippen LogP contribution in [0.15, 0.2) is 60.7 Å². The van der Waals surface area contributed by atoms with Crippen LogP contribution in [-0.4, -0.2) is 36.7 Å². The molecule has 156 valence electrons. The van der Waals surface area contributed by atoms with Crippen molar-refractivity contribution in [3.8, 4) is 0 Å². The van der Waals surface area contributed by atoms with Gasteiger partial charge in [0.2, 0.25) is 0 Å². The summed E-state index contributed by atoms with van der Waals surface area (Å²) in [6.07, 6.45) is 12.3. The van der Waals surface area contributed by atoms with Crippen LogP contribution in [0.25, 0.3) is 0 Å². The van der Waals surface area contributed by atoms with Crippen LogP contribution in [0.1, 0.15) is 43.7 Å². The molecule has 2 aromatic rings. The number of benzene rings is 2. The smallest absolute Gasteiger partial charge is 0.0682 e. The lowest BCUT2D eigenvalue weighted by Gasteiger charge is -2.23. The molecule has 0 bridgehead atoms. The predicted octanol–water partition coefficient (Wildman–Crippen LogP) is 4.44. The van der Waals surface area contributed by atoms with Crippen LogP contribution in [0.2, 0.25) is 0 Å². The van der Waals surface area contributed by atoms with Crippen LogP contribution < -0.4 is 24.0 Å². The number of aryl methyl sites for hydroxylation is 2. The minimum atomic E-state index is -0.882. The van der Waals surface area contributed by atoms with Gasteiger partial charge < -0.3 is 24.0 Å². The van der Waals surface area contributed by atoms with Gasteiger partial charge in [-0.15, -0.1) is 0 Å². The van der Waals surface area contributed by atoms with Gasteiger partial charge in [-0.2, -0.15) is 11.8 Å². The minimum absolute atomic E-state index is 0. The van der Waals surface area contributed by atoms with E-state index in [4.69, 9.17) is 0 Å². The monoisotopic (exact) mass is 528 g/mol. The van der Waals surface area contributed by atoms with E-state index in [1.807, 2.05) is 0 Å². The van der Waals surface area contributed by atoms with Crippen molar-refractivity contribution < 1.29 is 24.0 Å². The van der Waals surface area contributed by atoms with Gasteiger partial charge in [0.05, 0.1) is 18.5 Å². The molecule has 2 rings (SSSR count). The normalized spacial score (nSPS) is 11.2. The third kappa shape index (κ3) is 11.2. The highest BCUT2D eigenvalue weighted by Gasteiger charge is 2.30. The molecular weight excluding hydrogens is 490 g/mol. The standard InChI is InChI=1S/C25H38PS.HI/c1-3-4-5-12-22-27-23-21-26(2,19-17-24-13-8-6-9-14-24)20-18-25-15-10-7-11-16-25;/h6-11,13-16H,3-5,12,17-23H2,1-2H3;1H/q+1;/p-1. The lowest BCUT2D eigenvalue weighted by atomic mass is 10.2. The number of hydrogen-bond donors (Lipinski definition) is 0. The second-order valence-corrected chi connectivity index (χ2v) is 13.7. The summed E-state index contributed by atoms with van der Waals surface area (Å²) in [6.45, 7) is 4.93. The molecule has 0 N–H and O–H groups in total. The molecule has 0 nitrogen and oxygen atoms in total. The highest BCUT2D eigenvalue weighted by atomic mass is 127. The van der Waals surface area contributed by atoms with Crippen LogP contribution in [0.5, 0.6) is 0 Å². The maximum absolute atomic E-state index is 2.64. The molecule has 0 spiro atoms. The molecule has 0 saturated carbocycles. The van der Waals surface area contributed by atoms with E-state index < -0.39 is 7.26 Å². The molecule has 28 heavy (non-hydrogen) atoms. The van der Waals surface area contributed by atoms with Crippen molar-refractivity contribution in [2.45, 2.75) is 45.4 Å². The zero-order valence-corrected chi connectivity index (χ0v) is 21.7. The summed E-state index contributed by atoms with van der Waals surface area (Å²) in [5.41, 5.74) is 3.02. The van der Waals surface area contributed by atoms with Gasteiger partial charge in [0.15, 0.2) is 0 Å². The third-order valence-corrected chi connectivity index (χ3v) is 10.8. The topological polar surface area (TPSA) is 0 Å². The van der Waals surface area contributed by atoms with Gasteiger partial charge in [0.25, 0.3) is 0 Å². The molecule has 0 aliphatic heterocycles. The van der Waals surface area contributed by atoms with Gasteiger partial charge in [0.1, 0.15) is 0 Å². The molecule has 0 saturated heterocycles. The maximum atomic E-state index is 2.64. The van der Waals surface area contributed by atoms with E-state index in [0.717, 1.165) is 0 Å². The van der Waals surface area contributed by atoms with Gasteiger partial charge in [-0.25, -0.2) is 0 Å². The molecule has 0 aliphatic carbocycles. The summed E-state index contributed by atoms with van der Waals surface area (Å²) in [7, 11) is -0.882. The first-order chi connectivity index (χ1) is 13.2. The summed E-state index contributed by atoms with van der Waals surface area (Å²) in [4.78, 5) is 0. The van der Waals surface area contributed by atoms with E-state index in [-0.39, 0.29) is 24.0 Å². The quantitative estimate of drug-likeness (QED) is 0.199. The summed E-state index contributed by atoms with van der Waals surface area (Å²) >= 11 is 2.20. The highest BCUT2D eigenvalue weighted by Crippen LogP contribution is 2.56. The number of thioether (sulfide) groups is 1. The van der Waals surface area contributed by atoms with Crippen LogP contribution in [0, 0.1) is 0 Å². The van der Waals surface area contributed by atoms with E-state index in [0.29, 0.717) is 0 Å². The molecule has 0 heterocycles. The molecule has 0 amide bonds. The van der Waals surface area contributed by atoms with Crippen molar-refractivity contribution in [3.63, 3.8) is 0 Å². The largest absolute Gasteiger partial charge is 1.00 e. The summed E-state index contributed by atoms with van der Waals surface area (Å²) in [5, 5.41) is 0. The number of halogens is 1. The Morgan fingerprint density at radius 3 is 1.71 bits per heavy atom. The first-order valence-electron chi connectivity index (χ1n) is 10.7. The highest BCUT2D eigenvalue weighted by molar-refractivity contribution is 7.99. The van der Waals surface area contributed by atoms with Gasteiger partial charge in [-0.3, -0.25) is 0 Å².